The van der Waals surface area contributed by atoms with Crippen molar-refractivity contribution >= 4 is 22.6 Å². The maximum absolute atomic E-state index is 12.2. The van der Waals surface area contributed by atoms with Crippen LogP contribution in [0, 0.1) is 6.92 Å². The average molecular weight is 272 g/mol. The highest BCUT2D eigenvalue weighted by Gasteiger charge is 2.02. The lowest BCUT2D eigenvalue weighted by atomic mass is 10.0. The van der Waals surface area contributed by atoms with Crippen LogP contribution >= 0.6 is 0 Å². The second-order valence-electron chi connectivity index (χ2n) is 5.13. The molecule has 0 saturated heterocycles. The van der Waals surface area contributed by atoms with E-state index in [1.165, 1.54) is 5.39 Å². The van der Waals surface area contributed by atoms with Crippen molar-refractivity contribution in [2.45, 2.75) is 6.92 Å². The summed E-state index contributed by atoms with van der Waals surface area (Å²) in [5.41, 5.74) is 2.94. The number of hydrogen-bond donors (Lipinski definition) is 0. The zero-order chi connectivity index (χ0) is 14.7. The number of hydrogen-bond acceptors (Lipinski definition) is 1. The quantitative estimate of drug-likeness (QED) is 0.482. The van der Waals surface area contributed by atoms with Gasteiger partial charge in [-0.2, -0.15) is 0 Å². The SMILES string of the molecule is Cc1ccc(C(=O)/C=C/c2cccc3ccccc23)cc1. The van der Waals surface area contributed by atoms with Crippen molar-refractivity contribution in [2.75, 3.05) is 0 Å². The van der Waals surface area contributed by atoms with Crippen LogP contribution in [0.15, 0.2) is 72.8 Å². The van der Waals surface area contributed by atoms with Gasteiger partial charge < -0.3 is 0 Å². The Labute approximate surface area is 124 Å². The van der Waals surface area contributed by atoms with Gasteiger partial charge in [0.1, 0.15) is 0 Å². The summed E-state index contributed by atoms with van der Waals surface area (Å²) in [6.45, 7) is 2.01. The summed E-state index contributed by atoms with van der Waals surface area (Å²) in [4.78, 5) is 12.2. The number of allylic oxidation sites excluding steroid dienone is 1. The number of ketones is 1. The van der Waals surface area contributed by atoms with E-state index in [2.05, 4.69) is 18.2 Å². The number of fused-ring (bicyclic) bond motifs is 1. The van der Waals surface area contributed by atoms with Gasteiger partial charge in [0, 0.05) is 5.56 Å². The summed E-state index contributed by atoms with van der Waals surface area (Å²) in [7, 11) is 0. The molecule has 0 spiro atoms. The molecule has 102 valence electrons. The van der Waals surface area contributed by atoms with Gasteiger partial charge in [0.05, 0.1) is 0 Å². The highest BCUT2D eigenvalue weighted by atomic mass is 16.1. The van der Waals surface area contributed by atoms with Gasteiger partial charge in [0.25, 0.3) is 0 Å². The van der Waals surface area contributed by atoms with E-state index in [-0.39, 0.29) is 5.78 Å². The number of rotatable bonds is 3. The highest BCUT2D eigenvalue weighted by Crippen LogP contribution is 2.19. The van der Waals surface area contributed by atoms with Crippen molar-refractivity contribution in [2.24, 2.45) is 0 Å². The van der Waals surface area contributed by atoms with Gasteiger partial charge in [-0.1, -0.05) is 78.4 Å². The van der Waals surface area contributed by atoms with Gasteiger partial charge in [-0.15, -0.1) is 0 Å². The first-order chi connectivity index (χ1) is 10.2. The third kappa shape index (κ3) is 2.92. The van der Waals surface area contributed by atoms with Crippen molar-refractivity contribution in [1.29, 1.82) is 0 Å². The van der Waals surface area contributed by atoms with Gasteiger partial charge >= 0.3 is 0 Å². The molecule has 0 unspecified atom stereocenters. The number of carbonyl (C=O) groups excluding carboxylic acids is 1. The number of carbonyl (C=O) groups is 1. The van der Waals surface area contributed by atoms with Crippen LogP contribution in [0.25, 0.3) is 16.8 Å². The molecule has 0 fully saturated rings. The van der Waals surface area contributed by atoms with Crippen LogP contribution in [0.1, 0.15) is 21.5 Å². The average Bonchev–Trinajstić information content (AvgIpc) is 2.53. The van der Waals surface area contributed by atoms with E-state index >= 15 is 0 Å². The fourth-order valence-corrected chi connectivity index (χ4v) is 2.38. The van der Waals surface area contributed by atoms with Crippen LogP contribution in [-0.4, -0.2) is 5.78 Å². The Balaban J connectivity index is 1.91. The lowest BCUT2D eigenvalue weighted by Crippen LogP contribution is -1.93. The fraction of sp³-hybridized carbons (Fsp3) is 0.0500. The topological polar surface area (TPSA) is 17.1 Å². The maximum atomic E-state index is 12.2. The molecule has 0 bridgehead atoms. The summed E-state index contributed by atoms with van der Waals surface area (Å²) in [5.74, 6) is 0.0305. The summed E-state index contributed by atoms with van der Waals surface area (Å²) >= 11 is 0. The molecular formula is C20H16O. The van der Waals surface area contributed by atoms with Crippen molar-refractivity contribution in [3.05, 3.63) is 89.5 Å². The van der Waals surface area contributed by atoms with E-state index in [1.807, 2.05) is 61.5 Å². The van der Waals surface area contributed by atoms with E-state index in [0.29, 0.717) is 0 Å². The second kappa shape index (κ2) is 5.76. The molecule has 3 aromatic rings. The molecule has 1 heteroatoms. The Morgan fingerprint density at radius 3 is 2.38 bits per heavy atom. The molecule has 0 aliphatic heterocycles. The first kappa shape index (κ1) is 13.3. The van der Waals surface area contributed by atoms with Gasteiger partial charge in [-0.25, -0.2) is 0 Å². The molecule has 0 N–H and O–H groups in total. The number of aryl methyl sites for hydroxylation is 1. The minimum atomic E-state index is 0.0305. The maximum Gasteiger partial charge on any atom is 0.185 e. The predicted octanol–water partition coefficient (Wildman–Crippen LogP) is 5.04. The van der Waals surface area contributed by atoms with Crippen LogP contribution in [0.5, 0.6) is 0 Å². The van der Waals surface area contributed by atoms with E-state index in [0.717, 1.165) is 22.1 Å². The Bertz CT molecular complexity index is 805. The summed E-state index contributed by atoms with van der Waals surface area (Å²) in [5, 5.41) is 2.34. The van der Waals surface area contributed by atoms with Crippen LogP contribution in [0.4, 0.5) is 0 Å². The minimum Gasteiger partial charge on any atom is -0.289 e. The van der Waals surface area contributed by atoms with E-state index in [9.17, 15) is 4.79 Å². The van der Waals surface area contributed by atoms with Gasteiger partial charge in [-0.3, -0.25) is 4.79 Å². The molecule has 0 aliphatic carbocycles. The zero-order valence-electron chi connectivity index (χ0n) is 11.9. The molecular weight excluding hydrogens is 256 g/mol. The monoisotopic (exact) mass is 272 g/mol. The largest absolute Gasteiger partial charge is 0.289 e. The molecule has 0 amide bonds. The molecule has 0 radical (unpaired) electrons. The summed E-state index contributed by atoms with van der Waals surface area (Å²) in [6.07, 6.45) is 3.54. The molecule has 1 nitrogen and oxygen atoms in total. The first-order valence-corrected chi connectivity index (χ1v) is 7.01. The number of benzene rings is 3. The molecule has 0 aliphatic rings. The highest BCUT2D eigenvalue weighted by molar-refractivity contribution is 6.07. The molecule has 3 aromatic carbocycles. The molecule has 0 atom stereocenters. The summed E-state index contributed by atoms with van der Waals surface area (Å²) in [6, 6.07) is 22.0. The van der Waals surface area contributed by atoms with Crippen LogP contribution in [0.2, 0.25) is 0 Å². The lowest BCUT2D eigenvalue weighted by molar-refractivity contribution is 0.104. The standard InChI is InChI=1S/C20H16O/c1-15-9-11-18(12-10-15)20(21)14-13-17-7-4-6-16-5-2-3-8-19(16)17/h2-14H,1H3/b14-13+. The van der Waals surface area contributed by atoms with Crippen molar-refractivity contribution in [1.82, 2.24) is 0 Å². The smallest absolute Gasteiger partial charge is 0.185 e. The Morgan fingerprint density at radius 1 is 0.857 bits per heavy atom. The van der Waals surface area contributed by atoms with Crippen LogP contribution in [-0.2, 0) is 0 Å². The summed E-state index contributed by atoms with van der Waals surface area (Å²) < 4.78 is 0. The Kier molecular flexibility index (Phi) is 3.65. The van der Waals surface area contributed by atoms with Crippen LogP contribution in [0.3, 0.4) is 0 Å². The lowest BCUT2D eigenvalue weighted by Gasteiger charge is -2.01. The Hall–Kier alpha value is -2.67. The molecule has 3 rings (SSSR count). The molecule has 21 heavy (non-hydrogen) atoms. The van der Waals surface area contributed by atoms with E-state index in [4.69, 9.17) is 0 Å². The molecule has 0 saturated carbocycles. The molecule has 0 heterocycles. The van der Waals surface area contributed by atoms with Gasteiger partial charge in [0.15, 0.2) is 5.78 Å². The van der Waals surface area contributed by atoms with E-state index < -0.39 is 0 Å². The third-order valence-corrected chi connectivity index (χ3v) is 3.57. The first-order valence-electron chi connectivity index (χ1n) is 7.01. The predicted molar refractivity (Wildman–Crippen MR) is 88.5 cm³/mol. The zero-order valence-corrected chi connectivity index (χ0v) is 11.9. The van der Waals surface area contributed by atoms with Gasteiger partial charge in [0.2, 0.25) is 0 Å². The minimum absolute atomic E-state index is 0.0305. The second-order valence-corrected chi connectivity index (χ2v) is 5.13. The van der Waals surface area contributed by atoms with Gasteiger partial charge in [-0.05, 0) is 29.3 Å². The van der Waals surface area contributed by atoms with Crippen molar-refractivity contribution in [3.63, 3.8) is 0 Å². The molecule has 0 aromatic heterocycles. The Morgan fingerprint density at radius 2 is 1.57 bits per heavy atom. The van der Waals surface area contributed by atoms with E-state index in [1.54, 1.807) is 6.08 Å². The third-order valence-electron chi connectivity index (χ3n) is 3.57. The van der Waals surface area contributed by atoms with Crippen LogP contribution < -0.4 is 0 Å². The normalized spacial score (nSPS) is 11.1. The van der Waals surface area contributed by atoms with Crippen molar-refractivity contribution < 1.29 is 4.79 Å². The van der Waals surface area contributed by atoms with Crippen molar-refractivity contribution in [3.8, 4) is 0 Å². The fourth-order valence-electron chi connectivity index (χ4n) is 2.38.